The lowest BCUT2D eigenvalue weighted by atomic mass is 10.3. The summed E-state index contributed by atoms with van der Waals surface area (Å²) in [4.78, 5) is 0. The van der Waals surface area contributed by atoms with Gasteiger partial charge in [-0.2, -0.15) is 0 Å². The molecule has 0 saturated carbocycles. The molecule has 11 heavy (non-hydrogen) atoms. The van der Waals surface area contributed by atoms with Gasteiger partial charge in [-0.15, -0.1) is 0 Å². The number of nitrogens with zero attached hydrogens (tertiary/aromatic N) is 1. The zero-order valence-corrected chi connectivity index (χ0v) is 8.67. The van der Waals surface area contributed by atoms with E-state index in [1.165, 1.54) is 0 Å². The highest BCUT2D eigenvalue weighted by Crippen LogP contribution is 2.12. The van der Waals surface area contributed by atoms with Gasteiger partial charge in [0.1, 0.15) is 19.2 Å². The van der Waals surface area contributed by atoms with Crippen molar-refractivity contribution in [2.24, 2.45) is 0 Å². The number of likely N-dealkylation sites (N-methyl/N-ethyl adjacent to an activating group) is 1. The minimum Gasteiger partial charge on any atom is -1.00 e. The zero-order valence-electron chi connectivity index (χ0n) is 7.09. The van der Waals surface area contributed by atoms with Crippen LogP contribution in [0.5, 0.6) is 0 Å². The lowest BCUT2D eigenvalue weighted by Crippen LogP contribution is -3.00. The van der Waals surface area contributed by atoms with Crippen LogP contribution < -0.4 is 17.0 Å². The Labute approximate surface area is 78.3 Å². The molecule has 3 nitrogen and oxygen atoms in total. The zero-order chi connectivity index (χ0) is 7.61. The van der Waals surface area contributed by atoms with E-state index in [1.54, 1.807) is 0 Å². The van der Waals surface area contributed by atoms with E-state index in [0.29, 0.717) is 6.10 Å². The van der Waals surface area contributed by atoms with Crippen molar-refractivity contribution < 1.29 is 31.3 Å². The first kappa shape index (κ1) is 11.4. The molecular formula is C7H16BrNO2. The predicted molar refractivity (Wildman–Crippen MR) is 38.7 cm³/mol. The van der Waals surface area contributed by atoms with E-state index in [9.17, 15) is 0 Å². The van der Waals surface area contributed by atoms with Gasteiger partial charge >= 0.3 is 0 Å². The Kier molecular flexibility index (Phi) is 4.55. The molecule has 1 saturated heterocycles. The molecule has 0 aliphatic carbocycles. The first-order valence-electron chi connectivity index (χ1n) is 3.68. The van der Waals surface area contributed by atoms with Crippen molar-refractivity contribution in [1.82, 2.24) is 0 Å². The van der Waals surface area contributed by atoms with Crippen LogP contribution >= 0.6 is 0 Å². The summed E-state index contributed by atoms with van der Waals surface area (Å²) in [5.41, 5.74) is 0. The predicted octanol–water partition coefficient (Wildman–Crippen LogP) is -3.54. The summed E-state index contributed by atoms with van der Waals surface area (Å²) in [5, 5.41) is 8.68. The topological polar surface area (TPSA) is 32.8 Å². The van der Waals surface area contributed by atoms with Crippen molar-refractivity contribution in [3.63, 3.8) is 0 Å². The van der Waals surface area contributed by atoms with Crippen LogP contribution in [0, 0.1) is 0 Å². The van der Waals surface area contributed by atoms with Crippen LogP contribution in [-0.2, 0) is 4.74 Å². The van der Waals surface area contributed by atoms with Gasteiger partial charge in [-0.05, 0) is 0 Å². The summed E-state index contributed by atoms with van der Waals surface area (Å²) in [6, 6.07) is 0. The summed E-state index contributed by atoms with van der Waals surface area (Å²) in [7, 11) is 4.22. The van der Waals surface area contributed by atoms with E-state index in [4.69, 9.17) is 9.84 Å². The van der Waals surface area contributed by atoms with Crippen molar-refractivity contribution in [1.29, 1.82) is 0 Å². The first-order chi connectivity index (χ1) is 4.64. The van der Waals surface area contributed by atoms with E-state index < -0.39 is 0 Å². The van der Waals surface area contributed by atoms with Gasteiger partial charge in [0.25, 0.3) is 0 Å². The van der Waals surface area contributed by atoms with Gasteiger partial charge in [0.05, 0.1) is 27.3 Å². The van der Waals surface area contributed by atoms with Gasteiger partial charge in [-0.25, -0.2) is 0 Å². The molecule has 68 valence electrons. The molecule has 1 fully saturated rings. The second-order valence-electron chi connectivity index (χ2n) is 3.52. The fourth-order valence-corrected chi connectivity index (χ4v) is 1.09. The average molecular weight is 226 g/mol. The van der Waals surface area contributed by atoms with Crippen LogP contribution in [-0.4, -0.2) is 56.1 Å². The number of hydrogen-bond donors (Lipinski definition) is 1. The number of epoxide rings is 1. The Morgan fingerprint density at radius 3 is 2.45 bits per heavy atom. The van der Waals surface area contributed by atoms with Gasteiger partial charge in [0.15, 0.2) is 0 Å². The Bertz CT molecular complexity index is 115. The quantitative estimate of drug-likeness (QED) is 0.398. The van der Waals surface area contributed by atoms with E-state index in [2.05, 4.69) is 14.1 Å². The smallest absolute Gasteiger partial charge is 0.130 e. The molecule has 1 heterocycles. The van der Waals surface area contributed by atoms with Crippen LogP contribution in [0.4, 0.5) is 0 Å². The second-order valence-corrected chi connectivity index (χ2v) is 3.52. The summed E-state index contributed by atoms with van der Waals surface area (Å²) in [6.45, 7) is 3.02. The van der Waals surface area contributed by atoms with Gasteiger partial charge in [0, 0.05) is 0 Å². The number of hydrogen-bond acceptors (Lipinski definition) is 2. The van der Waals surface area contributed by atoms with E-state index in [0.717, 1.165) is 24.2 Å². The van der Waals surface area contributed by atoms with Gasteiger partial charge < -0.3 is 31.3 Å². The molecule has 0 bridgehead atoms. The molecule has 0 aromatic heterocycles. The van der Waals surface area contributed by atoms with Crippen LogP contribution in [0.2, 0.25) is 0 Å². The van der Waals surface area contributed by atoms with E-state index in [1.807, 2.05) is 0 Å². The van der Waals surface area contributed by atoms with Crippen LogP contribution in [0.15, 0.2) is 0 Å². The number of halogens is 1. The average Bonchev–Trinajstić information content (AvgIpc) is 2.48. The highest BCUT2D eigenvalue weighted by Gasteiger charge is 2.30. The number of aliphatic hydroxyl groups is 1. The van der Waals surface area contributed by atoms with Gasteiger partial charge in [-0.3, -0.25) is 0 Å². The maximum Gasteiger partial charge on any atom is 0.130 e. The maximum atomic E-state index is 8.68. The molecule has 1 unspecified atom stereocenters. The highest BCUT2D eigenvalue weighted by molar-refractivity contribution is 4.67. The lowest BCUT2D eigenvalue weighted by molar-refractivity contribution is -0.891. The molecule has 1 rings (SSSR count). The summed E-state index contributed by atoms with van der Waals surface area (Å²) in [6.07, 6.45) is 0.460. The Morgan fingerprint density at radius 1 is 1.55 bits per heavy atom. The number of quaternary nitrogens is 1. The standard InChI is InChI=1S/C7H16NO2.BrH/c1-8(2,3-4-9)5-7-6-10-7;/h7,9H,3-6H2,1-2H3;1H/q+1;/p-1. The number of rotatable bonds is 4. The van der Waals surface area contributed by atoms with E-state index >= 15 is 0 Å². The van der Waals surface area contributed by atoms with E-state index in [-0.39, 0.29) is 23.6 Å². The third-order valence-electron chi connectivity index (χ3n) is 1.81. The molecule has 0 amide bonds. The third-order valence-corrected chi connectivity index (χ3v) is 1.81. The highest BCUT2D eigenvalue weighted by atomic mass is 79.9. The van der Waals surface area contributed by atoms with Crippen molar-refractivity contribution in [3.05, 3.63) is 0 Å². The second kappa shape index (κ2) is 4.40. The first-order valence-corrected chi connectivity index (χ1v) is 3.68. The number of ether oxygens (including phenoxy) is 1. The normalized spacial score (nSPS) is 22.6. The van der Waals surface area contributed by atoms with Gasteiger partial charge in [-0.1, -0.05) is 0 Å². The molecule has 4 heteroatoms. The summed E-state index contributed by atoms with van der Waals surface area (Å²) in [5.74, 6) is 0. The Hall–Kier alpha value is 0.360. The monoisotopic (exact) mass is 225 g/mol. The van der Waals surface area contributed by atoms with Gasteiger partial charge in [0.2, 0.25) is 0 Å². The molecule has 1 N–H and O–H groups in total. The summed E-state index contributed by atoms with van der Waals surface area (Å²) < 4.78 is 5.96. The maximum absolute atomic E-state index is 8.68. The molecule has 0 aromatic carbocycles. The fourth-order valence-electron chi connectivity index (χ4n) is 1.09. The summed E-state index contributed by atoms with van der Waals surface area (Å²) >= 11 is 0. The van der Waals surface area contributed by atoms with Crippen LogP contribution in [0.3, 0.4) is 0 Å². The molecular weight excluding hydrogens is 210 g/mol. The Balaban J connectivity index is 0.000001000. The Morgan fingerprint density at radius 2 is 2.09 bits per heavy atom. The molecule has 1 aliphatic heterocycles. The molecule has 0 radical (unpaired) electrons. The lowest BCUT2D eigenvalue weighted by Gasteiger charge is -2.27. The van der Waals surface area contributed by atoms with Crippen molar-refractivity contribution in [2.45, 2.75) is 6.10 Å². The van der Waals surface area contributed by atoms with Crippen LogP contribution in [0.25, 0.3) is 0 Å². The molecule has 1 aliphatic rings. The molecule has 1 atom stereocenters. The molecule has 0 aromatic rings. The van der Waals surface area contributed by atoms with Crippen LogP contribution in [0.1, 0.15) is 0 Å². The van der Waals surface area contributed by atoms with Crippen molar-refractivity contribution >= 4 is 0 Å². The number of aliphatic hydroxyl groups excluding tert-OH is 1. The largest absolute Gasteiger partial charge is 1.00 e. The van der Waals surface area contributed by atoms with Crippen molar-refractivity contribution in [3.8, 4) is 0 Å². The minimum atomic E-state index is 0. The molecule has 0 spiro atoms. The SMILES string of the molecule is C[N+](C)(CCO)CC1CO1.[Br-]. The third kappa shape index (κ3) is 4.74. The minimum absolute atomic E-state index is 0. The van der Waals surface area contributed by atoms with Crippen molar-refractivity contribution in [2.75, 3.05) is 40.4 Å². The fraction of sp³-hybridized carbons (Fsp3) is 1.00.